The van der Waals surface area contributed by atoms with Crippen LogP contribution < -0.4 is 0 Å². The van der Waals surface area contributed by atoms with Gasteiger partial charge >= 0.3 is 5.97 Å². The highest BCUT2D eigenvalue weighted by molar-refractivity contribution is 6.31. The Kier molecular flexibility index (Phi) is 5.72. The summed E-state index contributed by atoms with van der Waals surface area (Å²) in [5, 5.41) is 5.07. The Morgan fingerprint density at radius 3 is 2.41 bits per heavy atom. The Balaban J connectivity index is 1.73. The molecule has 0 aliphatic rings. The van der Waals surface area contributed by atoms with E-state index in [9.17, 15) is 9.59 Å². The van der Waals surface area contributed by atoms with Crippen molar-refractivity contribution in [3.8, 4) is 0 Å². The summed E-state index contributed by atoms with van der Waals surface area (Å²) in [5.74, 6) is -0.803. The third-order valence-electron chi connectivity index (χ3n) is 4.29. The van der Waals surface area contributed by atoms with Gasteiger partial charge in [-0.05, 0) is 25.5 Å². The second-order valence-electron chi connectivity index (χ2n) is 6.16. The SMILES string of the molecule is Cc1nn(Cc2ccccc2Cl)c(C)c1C(=O)OCC(=O)c1ccccc1. The van der Waals surface area contributed by atoms with Gasteiger partial charge in [-0.25, -0.2) is 4.79 Å². The van der Waals surface area contributed by atoms with Crippen LogP contribution in [0.5, 0.6) is 0 Å². The summed E-state index contributed by atoms with van der Waals surface area (Å²) in [6, 6.07) is 16.2. The smallest absolute Gasteiger partial charge is 0.342 e. The van der Waals surface area contributed by atoms with E-state index in [0.29, 0.717) is 34.1 Å². The third kappa shape index (κ3) is 4.26. The van der Waals surface area contributed by atoms with Crippen LogP contribution in [0, 0.1) is 13.8 Å². The summed E-state index contributed by atoms with van der Waals surface area (Å²) in [6.07, 6.45) is 0. The molecule has 0 radical (unpaired) electrons. The van der Waals surface area contributed by atoms with Crippen LogP contribution in [0.25, 0.3) is 0 Å². The number of carbonyl (C=O) groups is 2. The van der Waals surface area contributed by atoms with Gasteiger partial charge in [-0.15, -0.1) is 0 Å². The molecular formula is C21H19ClN2O3. The summed E-state index contributed by atoms with van der Waals surface area (Å²) in [4.78, 5) is 24.6. The van der Waals surface area contributed by atoms with Gasteiger partial charge in [-0.2, -0.15) is 5.10 Å². The Hall–Kier alpha value is -2.92. The summed E-state index contributed by atoms with van der Waals surface area (Å²) in [7, 11) is 0. The summed E-state index contributed by atoms with van der Waals surface area (Å²) in [5.41, 5.74) is 3.02. The van der Waals surface area contributed by atoms with Gasteiger partial charge in [0.05, 0.1) is 17.9 Å². The van der Waals surface area contributed by atoms with Crippen molar-refractivity contribution >= 4 is 23.4 Å². The summed E-state index contributed by atoms with van der Waals surface area (Å²) < 4.78 is 6.94. The Bertz CT molecular complexity index is 980. The molecular weight excluding hydrogens is 364 g/mol. The van der Waals surface area contributed by atoms with Crippen molar-refractivity contribution in [1.29, 1.82) is 0 Å². The zero-order valence-electron chi connectivity index (χ0n) is 15.1. The number of ether oxygens (including phenoxy) is 1. The zero-order chi connectivity index (χ0) is 19.4. The van der Waals surface area contributed by atoms with Crippen molar-refractivity contribution in [3.63, 3.8) is 0 Å². The highest BCUT2D eigenvalue weighted by atomic mass is 35.5. The number of carbonyl (C=O) groups excluding carboxylic acids is 2. The molecule has 0 fully saturated rings. The molecule has 0 atom stereocenters. The van der Waals surface area contributed by atoms with E-state index in [2.05, 4.69) is 5.10 Å². The zero-order valence-corrected chi connectivity index (χ0v) is 15.9. The van der Waals surface area contributed by atoms with Crippen molar-refractivity contribution in [2.45, 2.75) is 20.4 Å². The number of benzene rings is 2. The second kappa shape index (κ2) is 8.18. The third-order valence-corrected chi connectivity index (χ3v) is 4.66. The first-order chi connectivity index (χ1) is 13.0. The van der Waals surface area contributed by atoms with E-state index in [4.69, 9.17) is 16.3 Å². The van der Waals surface area contributed by atoms with Gasteiger partial charge in [0.15, 0.2) is 12.4 Å². The fourth-order valence-electron chi connectivity index (χ4n) is 2.84. The number of esters is 1. The molecule has 0 amide bonds. The molecule has 1 heterocycles. The predicted molar refractivity (Wildman–Crippen MR) is 103 cm³/mol. The predicted octanol–water partition coefficient (Wildman–Crippen LogP) is 4.24. The molecule has 138 valence electrons. The van der Waals surface area contributed by atoms with Crippen LogP contribution in [0.2, 0.25) is 5.02 Å². The maximum absolute atomic E-state index is 12.5. The van der Waals surface area contributed by atoms with Gasteiger partial charge in [-0.1, -0.05) is 60.1 Å². The van der Waals surface area contributed by atoms with E-state index in [0.717, 1.165) is 5.56 Å². The molecule has 0 N–H and O–H groups in total. The van der Waals surface area contributed by atoms with Gasteiger partial charge in [-0.3, -0.25) is 9.48 Å². The van der Waals surface area contributed by atoms with Crippen LogP contribution in [0.3, 0.4) is 0 Å². The highest BCUT2D eigenvalue weighted by Crippen LogP contribution is 2.20. The van der Waals surface area contributed by atoms with Crippen LogP contribution in [0.1, 0.15) is 37.7 Å². The Labute approximate surface area is 162 Å². The van der Waals surface area contributed by atoms with Gasteiger partial charge in [0.25, 0.3) is 0 Å². The van der Waals surface area contributed by atoms with Crippen molar-refractivity contribution < 1.29 is 14.3 Å². The molecule has 3 aromatic rings. The maximum atomic E-state index is 12.5. The average molecular weight is 383 g/mol. The van der Waals surface area contributed by atoms with E-state index < -0.39 is 5.97 Å². The van der Waals surface area contributed by atoms with Crippen molar-refractivity contribution in [1.82, 2.24) is 9.78 Å². The van der Waals surface area contributed by atoms with Gasteiger partial charge in [0.1, 0.15) is 5.56 Å². The maximum Gasteiger partial charge on any atom is 0.342 e. The van der Waals surface area contributed by atoms with Crippen LogP contribution in [-0.2, 0) is 11.3 Å². The number of aryl methyl sites for hydroxylation is 1. The van der Waals surface area contributed by atoms with Crippen molar-refractivity contribution in [2.24, 2.45) is 0 Å². The minimum Gasteiger partial charge on any atom is -0.454 e. The molecule has 6 heteroatoms. The lowest BCUT2D eigenvalue weighted by Gasteiger charge is -2.07. The van der Waals surface area contributed by atoms with E-state index in [1.165, 1.54) is 0 Å². The molecule has 5 nitrogen and oxygen atoms in total. The molecule has 0 aliphatic heterocycles. The lowest BCUT2D eigenvalue weighted by Crippen LogP contribution is -2.15. The fourth-order valence-corrected chi connectivity index (χ4v) is 3.04. The number of halogens is 1. The molecule has 0 unspecified atom stereocenters. The molecule has 1 aromatic heterocycles. The average Bonchev–Trinajstić information content (AvgIpc) is 2.95. The van der Waals surface area contributed by atoms with Gasteiger partial charge in [0, 0.05) is 10.6 Å². The summed E-state index contributed by atoms with van der Waals surface area (Å²) in [6.45, 7) is 3.68. The lowest BCUT2D eigenvalue weighted by atomic mass is 10.1. The van der Waals surface area contributed by atoms with Crippen LogP contribution in [-0.4, -0.2) is 28.1 Å². The molecule has 0 saturated carbocycles. The van der Waals surface area contributed by atoms with Crippen molar-refractivity contribution in [3.05, 3.63) is 87.7 Å². The van der Waals surface area contributed by atoms with E-state index >= 15 is 0 Å². The van der Waals surface area contributed by atoms with Crippen molar-refractivity contribution in [2.75, 3.05) is 6.61 Å². The first-order valence-corrected chi connectivity index (χ1v) is 8.88. The van der Waals surface area contributed by atoms with E-state index in [1.807, 2.05) is 30.3 Å². The quantitative estimate of drug-likeness (QED) is 0.472. The molecule has 0 spiro atoms. The Morgan fingerprint density at radius 1 is 1.04 bits per heavy atom. The first-order valence-electron chi connectivity index (χ1n) is 8.50. The molecule has 27 heavy (non-hydrogen) atoms. The number of nitrogens with zero attached hydrogens (tertiary/aromatic N) is 2. The first kappa shape index (κ1) is 18.9. The second-order valence-corrected chi connectivity index (χ2v) is 6.57. The van der Waals surface area contributed by atoms with Crippen LogP contribution in [0.4, 0.5) is 0 Å². The number of hydrogen-bond donors (Lipinski definition) is 0. The molecule has 0 aliphatic carbocycles. The normalized spacial score (nSPS) is 10.6. The topological polar surface area (TPSA) is 61.2 Å². The van der Waals surface area contributed by atoms with E-state index in [-0.39, 0.29) is 12.4 Å². The van der Waals surface area contributed by atoms with Crippen LogP contribution in [0.15, 0.2) is 54.6 Å². The lowest BCUT2D eigenvalue weighted by molar-refractivity contribution is 0.0473. The summed E-state index contributed by atoms with van der Waals surface area (Å²) >= 11 is 6.21. The highest BCUT2D eigenvalue weighted by Gasteiger charge is 2.21. The molecule has 0 saturated heterocycles. The number of Topliss-reactive ketones (excluding diaryl/α,β-unsaturated/α-hetero) is 1. The number of rotatable bonds is 6. The minimum absolute atomic E-state index is 0.247. The van der Waals surface area contributed by atoms with Gasteiger partial charge in [0.2, 0.25) is 0 Å². The van der Waals surface area contributed by atoms with Crippen LogP contribution >= 0.6 is 11.6 Å². The number of hydrogen-bond acceptors (Lipinski definition) is 4. The number of ketones is 1. The monoisotopic (exact) mass is 382 g/mol. The molecule has 2 aromatic carbocycles. The standard InChI is InChI=1S/C21H19ClN2O3/c1-14-20(21(26)27-13-19(25)16-8-4-3-5-9-16)15(2)24(23-14)12-17-10-6-7-11-18(17)22/h3-11H,12-13H2,1-2H3. The molecule has 0 bridgehead atoms. The fraction of sp³-hybridized carbons (Fsp3) is 0.190. The van der Waals surface area contributed by atoms with Gasteiger partial charge < -0.3 is 4.74 Å². The largest absolute Gasteiger partial charge is 0.454 e. The Morgan fingerprint density at radius 2 is 1.70 bits per heavy atom. The molecule has 3 rings (SSSR count). The number of aromatic nitrogens is 2. The minimum atomic E-state index is -0.556. The van der Waals surface area contributed by atoms with E-state index in [1.54, 1.807) is 42.8 Å².